The predicted molar refractivity (Wildman–Crippen MR) is 56.9 cm³/mol. The van der Waals surface area contributed by atoms with Gasteiger partial charge in [-0.15, -0.1) is 24.1 Å². The van der Waals surface area contributed by atoms with Gasteiger partial charge in [0.2, 0.25) is 0 Å². The highest BCUT2D eigenvalue weighted by Gasteiger charge is 1.98. The zero-order valence-electron chi connectivity index (χ0n) is 7.36. The maximum Gasteiger partial charge on any atom is 0.129 e. The molecule has 1 rings (SSSR count). The second-order valence-electron chi connectivity index (χ2n) is 2.62. The molecule has 1 aromatic rings. The molecule has 2 heteroatoms. The summed E-state index contributed by atoms with van der Waals surface area (Å²) in [5.41, 5.74) is 0. The van der Waals surface area contributed by atoms with Crippen LogP contribution in [0.1, 0.15) is 12.8 Å². The van der Waals surface area contributed by atoms with E-state index in [1.54, 1.807) is 17.8 Å². The van der Waals surface area contributed by atoms with Crippen LogP contribution in [0.2, 0.25) is 0 Å². The Kier molecular flexibility index (Phi) is 4.28. The first kappa shape index (κ1) is 10.0. The van der Waals surface area contributed by atoms with Crippen LogP contribution in [-0.4, -0.2) is 10.9 Å². The third-order valence-corrected chi connectivity index (χ3v) is 2.74. The fourth-order valence-corrected chi connectivity index (χ4v) is 1.83. The average molecular weight is 192 g/mol. The van der Waals surface area contributed by atoms with Gasteiger partial charge in [-0.25, -0.2) is 0 Å². The number of unbranched alkanes of at least 4 members (excludes halogenated alkanes) is 1. The molecule has 0 atom stereocenters. The summed E-state index contributed by atoms with van der Waals surface area (Å²) in [6.07, 6.45) is 6.93. The third kappa shape index (κ3) is 3.43. The molecule has 0 bridgehead atoms. The summed E-state index contributed by atoms with van der Waals surface area (Å²) in [6, 6.07) is 7.35. The van der Waals surface area contributed by atoms with Crippen LogP contribution in [0, 0.1) is 12.3 Å². The Balaban J connectivity index is 2.37. The van der Waals surface area contributed by atoms with Crippen LogP contribution in [0.25, 0.3) is 0 Å². The van der Waals surface area contributed by atoms with Crippen molar-refractivity contribution < 1.29 is 5.11 Å². The Morgan fingerprint density at radius 2 is 2.15 bits per heavy atom. The van der Waals surface area contributed by atoms with Crippen molar-refractivity contribution in [1.82, 2.24) is 0 Å². The Hall–Kier alpha value is -1.07. The van der Waals surface area contributed by atoms with Crippen molar-refractivity contribution in [3.63, 3.8) is 0 Å². The molecule has 0 aliphatic carbocycles. The molecule has 1 aromatic carbocycles. The third-order valence-electron chi connectivity index (χ3n) is 1.59. The fraction of sp³-hybridized carbons (Fsp3) is 0.273. The van der Waals surface area contributed by atoms with E-state index in [1.165, 1.54) is 0 Å². The van der Waals surface area contributed by atoms with Crippen molar-refractivity contribution in [3.05, 3.63) is 24.3 Å². The van der Waals surface area contributed by atoms with E-state index >= 15 is 0 Å². The molecule has 0 heterocycles. The number of hydrogen-bond donors (Lipinski definition) is 1. The van der Waals surface area contributed by atoms with Crippen molar-refractivity contribution in [1.29, 1.82) is 0 Å². The summed E-state index contributed by atoms with van der Waals surface area (Å²) in [4.78, 5) is 0.930. The smallest absolute Gasteiger partial charge is 0.129 e. The van der Waals surface area contributed by atoms with Gasteiger partial charge in [0.05, 0.1) is 0 Å². The predicted octanol–water partition coefficient (Wildman–Crippen LogP) is 2.90. The standard InChI is InChI=1S/C11H12OS/c1-2-3-6-9-13-11-8-5-4-7-10(11)12/h1,4-5,7-8,12H,3,6,9H2. The van der Waals surface area contributed by atoms with Crippen LogP contribution < -0.4 is 0 Å². The normalized spacial score (nSPS) is 9.46. The number of aromatic hydroxyl groups is 1. The molecule has 68 valence electrons. The molecule has 0 unspecified atom stereocenters. The number of terminal acetylenes is 1. The topological polar surface area (TPSA) is 20.2 Å². The Morgan fingerprint density at radius 1 is 1.38 bits per heavy atom. The van der Waals surface area contributed by atoms with E-state index in [4.69, 9.17) is 6.42 Å². The highest BCUT2D eigenvalue weighted by atomic mass is 32.2. The molecule has 1 N–H and O–H groups in total. The molecule has 0 fully saturated rings. The lowest BCUT2D eigenvalue weighted by Crippen LogP contribution is -1.79. The second-order valence-corrected chi connectivity index (χ2v) is 3.76. The van der Waals surface area contributed by atoms with E-state index in [1.807, 2.05) is 18.2 Å². The molecule has 13 heavy (non-hydrogen) atoms. The molecular formula is C11H12OS. The Morgan fingerprint density at radius 3 is 2.85 bits per heavy atom. The molecule has 0 aromatic heterocycles. The first-order valence-electron chi connectivity index (χ1n) is 4.19. The number of benzene rings is 1. The lowest BCUT2D eigenvalue weighted by molar-refractivity contribution is 0.462. The molecular weight excluding hydrogens is 180 g/mol. The summed E-state index contributed by atoms with van der Waals surface area (Å²) >= 11 is 1.64. The van der Waals surface area contributed by atoms with Crippen LogP contribution >= 0.6 is 11.8 Å². The van der Waals surface area contributed by atoms with Gasteiger partial charge < -0.3 is 5.11 Å². The largest absolute Gasteiger partial charge is 0.507 e. The lowest BCUT2D eigenvalue weighted by atomic mass is 10.3. The SMILES string of the molecule is C#CCCCSc1ccccc1O. The van der Waals surface area contributed by atoms with Gasteiger partial charge in [-0.3, -0.25) is 0 Å². The van der Waals surface area contributed by atoms with E-state index in [2.05, 4.69) is 5.92 Å². The van der Waals surface area contributed by atoms with E-state index in [-0.39, 0.29) is 0 Å². The van der Waals surface area contributed by atoms with Gasteiger partial charge in [0, 0.05) is 11.3 Å². The summed E-state index contributed by atoms with van der Waals surface area (Å²) in [5.74, 6) is 3.91. The highest BCUT2D eigenvalue weighted by molar-refractivity contribution is 7.99. The van der Waals surface area contributed by atoms with E-state index in [0.29, 0.717) is 5.75 Å². The summed E-state index contributed by atoms with van der Waals surface area (Å²) in [6.45, 7) is 0. The zero-order valence-corrected chi connectivity index (χ0v) is 8.18. The summed E-state index contributed by atoms with van der Waals surface area (Å²) < 4.78 is 0. The van der Waals surface area contributed by atoms with E-state index in [0.717, 1.165) is 23.5 Å². The Labute approximate surface area is 83.2 Å². The fourth-order valence-electron chi connectivity index (χ4n) is 0.936. The monoisotopic (exact) mass is 192 g/mol. The molecule has 0 spiro atoms. The first-order chi connectivity index (χ1) is 6.34. The molecule has 0 saturated heterocycles. The minimum Gasteiger partial charge on any atom is -0.507 e. The van der Waals surface area contributed by atoms with Gasteiger partial charge in [-0.1, -0.05) is 12.1 Å². The molecule has 1 nitrogen and oxygen atoms in total. The maximum atomic E-state index is 9.41. The summed E-state index contributed by atoms with van der Waals surface area (Å²) in [5, 5.41) is 9.41. The van der Waals surface area contributed by atoms with Gasteiger partial charge in [0.25, 0.3) is 0 Å². The van der Waals surface area contributed by atoms with Crippen LogP contribution in [0.3, 0.4) is 0 Å². The number of thioether (sulfide) groups is 1. The van der Waals surface area contributed by atoms with Gasteiger partial charge in [0.1, 0.15) is 5.75 Å². The van der Waals surface area contributed by atoms with Gasteiger partial charge in [0.15, 0.2) is 0 Å². The van der Waals surface area contributed by atoms with Crippen molar-refractivity contribution in [2.24, 2.45) is 0 Å². The minimum absolute atomic E-state index is 0.355. The van der Waals surface area contributed by atoms with Crippen LogP contribution in [0.15, 0.2) is 29.2 Å². The maximum absolute atomic E-state index is 9.41. The van der Waals surface area contributed by atoms with Crippen molar-refractivity contribution in [2.45, 2.75) is 17.7 Å². The van der Waals surface area contributed by atoms with Gasteiger partial charge in [-0.2, -0.15) is 0 Å². The molecule has 0 saturated carbocycles. The molecule has 0 radical (unpaired) electrons. The van der Waals surface area contributed by atoms with Crippen molar-refractivity contribution in [2.75, 3.05) is 5.75 Å². The summed E-state index contributed by atoms with van der Waals surface area (Å²) in [7, 11) is 0. The molecule has 0 aliphatic heterocycles. The van der Waals surface area contributed by atoms with Crippen LogP contribution in [-0.2, 0) is 0 Å². The average Bonchev–Trinajstić information content (AvgIpc) is 2.15. The molecule has 0 amide bonds. The first-order valence-corrected chi connectivity index (χ1v) is 5.17. The quantitative estimate of drug-likeness (QED) is 0.449. The number of hydrogen-bond acceptors (Lipinski definition) is 2. The highest BCUT2D eigenvalue weighted by Crippen LogP contribution is 2.27. The van der Waals surface area contributed by atoms with Crippen molar-refractivity contribution in [3.8, 4) is 18.1 Å². The number of phenols is 1. The number of phenolic OH excluding ortho intramolecular Hbond substituents is 1. The Bertz CT molecular complexity index is 301. The number of rotatable bonds is 4. The number of para-hydroxylation sites is 1. The van der Waals surface area contributed by atoms with Gasteiger partial charge >= 0.3 is 0 Å². The van der Waals surface area contributed by atoms with Crippen LogP contribution in [0.5, 0.6) is 5.75 Å². The minimum atomic E-state index is 0.355. The molecule has 0 aliphatic rings. The van der Waals surface area contributed by atoms with E-state index in [9.17, 15) is 5.11 Å². The van der Waals surface area contributed by atoms with E-state index < -0.39 is 0 Å². The van der Waals surface area contributed by atoms with Crippen LogP contribution in [0.4, 0.5) is 0 Å². The second kappa shape index (κ2) is 5.55. The van der Waals surface area contributed by atoms with Crippen molar-refractivity contribution >= 4 is 11.8 Å². The van der Waals surface area contributed by atoms with Gasteiger partial charge in [-0.05, 0) is 24.3 Å². The lowest BCUT2D eigenvalue weighted by Gasteiger charge is -2.01. The zero-order chi connectivity index (χ0) is 9.52.